The summed E-state index contributed by atoms with van der Waals surface area (Å²) in [6, 6.07) is 0. The van der Waals surface area contributed by atoms with Crippen LogP contribution < -0.4 is 11.1 Å². The first-order valence-corrected chi connectivity index (χ1v) is 6.31. The highest BCUT2D eigenvalue weighted by Gasteiger charge is 2.18. The monoisotopic (exact) mass is 282 g/mol. The lowest BCUT2D eigenvalue weighted by Crippen LogP contribution is -2.45. The molecule has 0 aliphatic rings. The number of hydrogen-bond acceptors (Lipinski definition) is 5. The van der Waals surface area contributed by atoms with Crippen molar-refractivity contribution in [3.8, 4) is 0 Å². The second-order valence-electron chi connectivity index (χ2n) is 3.67. The van der Waals surface area contributed by atoms with E-state index < -0.39 is 18.0 Å². The zero-order chi connectivity index (χ0) is 14.4. The Bertz CT molecular complexity index is 498. The molecule has 1 heterocycles. The van der Waals surface area contributed by atoms with E-state index in [0.717, 1.165) is 6.08 Å². The maximum atomic E-state index is 11.8. The van der Waals surface area contributed by atoms with E-state index in [9.17, 15) is 14.4 Å². The first-order chi connectivity index (χ1) is 8.91. The van der Waals surface area contributed by atoms with Gasteiger partial charge in [-0.2, -0.15) is 0 Å². The second-order valence-corrected chi connectivity index (χ2v) is 4.39. The summed E-state index contributed by atoms with van der Waals surface area (Å²) in [6.07, 6.45) is 1.66. The van der Waals surface area contributed by atoms with Gasteiger partial charge in [0.15, 0.2) is 0 Å². The molecule has 0 aliphatic heterocycles. The molecule has 102 valence electrons. The van der Waals surface area contributed by atoms with Gasteiger partial charge >= 0.3 is 0 Å². The van der Waals surface area contributed by atoms with E-state index in [1.54, 1.807) is 12.3 Å². The summed E-state index contributed by atoms with van der Waals surface area (Å²) in [5.41, 5.74) is 6.77. The minimum absolute atomic E-state index is 0.277. The highest BCUT2D eigenvalue weighted by atomic mass is 32.1. The molecule has 0 fully saturated rings. The standard InChI is InChI=1S/C11H14N4O3S/c1-7(14-11(18)9-5-19-6-13-9)15(8(2)16)4-3-10(12)17/h3-7H,1-2H3,(H2,12,17)(H,14,18)/b4-3+/t7-/m0/s1. The van der Waals surface area contributed by atoms with Gasteiger partial charge in [-0.15, -0.1) is 11.3 Å². The van der Waals surface area contributed by atoms with E-state index >= 15 is 0 Å². The van der Waals surface area contributed by atoms with Crippen molar-refractivity contribution in [2.24, 2.45) is 5.73 Å². The number of carbonyl (C=O) groups excluding carboxylic acids is 3. The van der Waals surface area contributed by atoms with Gasteiger partial charge in [-0.25, -0.2) is 4.98 Å². The molecule has 19 heavy (non-hydrogen) atoms. The first kappa shape index (κ1) is 14.8. The van der Waals surface area contributed by atoms with Crippen LogP contribution in [0, 0.1) is 0 Å². The predicted molar refractivity (Wildman–Crippen MR) is 69.9 cm³/mol. The lowest BCUT2D eigenvalue weighted by Gasteiger charge is -2.24. The van der Waals surface area contributed by atoms with Crippen molar-refractivity contribution in [3.63, 3.8) is 0 Å². The molecule has 0 saturated heterocycles. The van der Waals surface area contributed by atoms with Crippen molar-refractivity contribution in [2.45, 2.75) is 20.0 Å². The molecule has 3 amide bonds. The quantitative estimate of drug-likeness (QED) is 0.588. The number of nitrogens with one attached hydrogen (secondary N) is 1. The first-order valence-electron chi connectivity index (χ1n) is 5.37. The summed E-state index contributed by atoms with van der Waals surface area (Å²) < 4.78 is 0. The molecule has 3 N–H and O–H groups in total. The van der Waals surface area contributed by atoms with Crippen LogP contribution in [0.4, 0.5) is 0 Å². The van der Waals surface area contributed by atoms with Crippen LogP contribution in [-0.2, 0) is 9.59 Å². The lowest BCUT2D eigenvalue weighted by atomic mass is 10.3. The molecule has 1 aromatic rings. The SMILES string of the molecule is CC(=O)N(/C=C/C(N)=O)[C@@H](C)NC(=O)c1cscn1. The van der Waals surface area contributed by atoms with Crippen LogP contribution in [0.1, 0.15) is 24.3 Å². The Hall–Kier alpha value is -2.22. The van der Waals surface area contributed by atoms with Crippen molar-refractivity contribution < 1.29 is 14.4 Å². The smallest absolute Gasteiger partial charge is 0.272 e. The molecule has 0 unspecified atom stereocenters. The van der Waals surface area contributed by atoms with Crippen LogP contribution in [0.25, 0.3) is 0 Å². The Morgan fingerprint density at radius 2 is 2.21 bits per heavy atom. The average Bonchev–Trinajstić information content (AvgIpc) is 2.81. The lowest BCUT2D eigenvalue weighted by molar-refractivity contribution is -0.128. The van der Waals surface area contributed by atoms with E-state index in [0.29, 0.717) is 0 Å². The van der Waals surface area contributed by atoms with E-state index in [2.05, 4.69) is 10.3 Å². The van der Waals surface area contributed by atoms with Crippen LogP contribution in [0.3, 0.4) is 0 Å². The zero-order valence-corrected chi connectivity index (χ0v) is 11.3. The Balaban J connectivity index is 2.72. The van der Waals surface area contributed by atoms with Crippen molar-refractivity contribution in [1.82, 2.24) is 15.2 Å². The molecule has 1 aromatic heterocycles. The Morgan fingerprint density at radius 3 is 2.68 bits per heavy atom. The van der Waals surface area contributed by atoms with E-state index in [-0.39, 0.29) is 11.6 Å². The van der Waals surface area contributed by atoms with Crippen molar-refractivity contribution in [1.29, 1.82) is 0 Å². The minimum atomic E-state index is -0.677. The number of aromatic nitrogens is 1. The number of nitrogens with two attached hydrogens (primary N) is 1. The summed E-state index contributed by atoms with van der Waals surface area (Å²) in [4.78, 5) is 38.9. The molecule has 7 nitrogen and oxygen atoms in total. The fourth-order valence-corrected chi connectivity index (χ4v) is 1.85. The molecule has 8 heteroatoms. The van der Waals surface area contributed by atoms with E-state index in [4.69, 9.17) is 5.73 Å². The van der Waals surface area contributed by atoms with E-state index in [1.807, 2.05) is 0 Å². The van der Waals surface area contributed by atoms with E-state index in [1.165, 1.54) is 34.9 Å². The molecule has 0 aromatic carbocycles. The number of carbonyl (C=O) groups is 3. The third-order valence-electron chi connectivity index (χ3n) is 2.19. The van der Waals surface area contributed by atoms with Crippen molar-refractivity contribution >= 4 is 29.1 Å². The van der Waals surface area contributed by atoms with Crippen molar-refractivity contribution in [3.05, 3.63) is 28.9 Å². The summed E-state index contributed by atoms with van der Waals surface area (Å²) in [5, 5.41) is 4.19. The summed E-state index contributed by atoms with van der Waals surface area (Å²) in [5.74, 6) is -1.40. The van der Waals surface area contributed by atoms with Crippen molar-refractivity contribution in [2.75, 3.05) is 0 Å². The molecule has 0 saturated carbocycles. The summed E-state index contributed by atoms with van der Waals surface area (Å²) in [6.45, 7) is 2.92. The number of primary amides is 1. The zero-order valence-electron chi connectivity index (χ0n) is 10.5. The maximum Gasteiger partial charge on any atom is 0.272 e. The maximum absolute atomic E-state index is 11.8. The number of thiazole rings is 1. The molecule has 0 spiro atoms. The average molecular weight is 282 g/mol. The van der Waals surface area contributed by atoms with Gasteiger partial charge in [0.1, 0.15) is 11.9 Å². The topological polar surface area (TPSA) is 105 Å². The fraction of sp³-hybridized carbons (Fsp3) is 0.273. The predicted octanol–water partition coefficient (Wildman–Crippen LogP) is 0.0664. The Morgan fingerprint density at radius 1 is 1.53 bits per heavy atom. The number of amides is 3. The minimum Gasteiger partial charge on any atom is -0.366 e. The normalized spacial score (nSPS) is 12.1. The molecule has 0 bridgehead atoms. The van der Waals surface area contributed by atoms with Crippen LogP contribution >= 0.6 is 11.3 Å². The Labute approximate surface area is 114 Å². The Kier molecular flexibility index (Phi) is 5.19. The number of rotatable bonds is 5. The highest BCUT2D eigenvalue weighted by Crippen LogP contribution is 2.03. The van der Waals surface area contributed by atoms with Gasteiger partial charge in [-0.1, -0.05) is 0 Å². The summed E-state index contributed by atoms with van der Waals surface area (Å²) in [7, 11) is 0. The number of nitrogens with zero attached hydrogens (tertiary/aromatic N) is 2. The van der Waals surface area contributed by atoms with Crippen LogP contribution in [0.2, 0.25) is 0 Å². The van der Waals surface area contributed by atoms with Gasteiger partial charge in [0.25, 0.3) is 5.91 Å². The molecule has 0 radical (unpaired) electrons. The van der Waals surface area contributed by atoms with Gasteiger partial charge in [0.2, 0.25) is 11.8 Å². The molecular formula is C11H14N4O3S. The highest BCUT2D eigenvalue weighted by molar-refractivity contribution is 7.07. The molecule has 1 rings (SSSR count). The second kappa shape index (κ2) is 6.64. The molecule has 0 aliphatic carbocycles. The van der Waals surface area contributed by atoms with Gasteiger partial charge < -0.3 is 11.1 Å². The third-order valence-corrected chi connectivity index (χ3v) is 2.77. The van der Waals surface area contributed by atoms with Gasteiger partial charge in [0, 0.05) is 24.6 Å². The third kappa shape index (κ3) is 4.51. The fourth-order valence-electron chi connectivity index (χ4n) is 1.32. The van der Waals surface area contributed by atoms with Gasteiger partial charge in [-0.05, 0) is 6.92 Å². The summed E-state index contributed by atoms with van der Waals surface area (Å²) >= 11 is 1.30. The van der Waals surface area contributed by atoms with Gasteiger partial charge in [-0.3, -0.25) is 19.3 Å². The van der Waals surface area contributed by atoms with Gasteiger partial charge in [0.05, 0.1) is 5.51 Å². The molecular weight excluding hydrogens is 268 g/mol. The molecule has 1 atom stereocenters. The van der Waals surface area contributed by atoms with Crippen LogP contribution in [-0.4, -0.2) is 33.8 Å². The van der Waals surface area contributed by atoms with Crippen LogP contribution in [0.15, 0.2) is 23.2 Å². The number of hydrogen-bond donors (Lipinski definition) is 2. The van der Waals surface area contributed by atoms with Crippen LogP contribution in [0.5, 0.6) is 0 Å². The largest absolute Gasteiger partial charge is 0.366 e.